The number of benzene rings is 1. The molecule has 7 nitrogen and oxygen atoms in total. The SMILES string of the molecule is NC(=O)C1(N)CCCC(Oc2cc(Br)cc([N+](=O)[O-])c2)C1. The van der Waals surface area contributed by atoms with E-state index in [0.29, 0.717) is 23.1 Å². The average molecular weight is 358 g/mol. The van der Waals surface area contributed by atoms with Crippen LogP contribution in [0.25, 0.3) is 0 Å². The minimum atomic E-state index is -1.07. The molecule has 1 saturated carbocycles. The van der Waals surface area contributed by atoms with Gasteiger partial charge in [-0.1, -0.05) is 15.9 Å². The number of nitrogens with two attached hydrogens (primary N) is 2. The van der Waals surface area contributed by atoms with E-state index in [2.05, 4.69) is 15.9 Å². The first-order valence-corrected chi connectivity index (χ1v) is 7.30. The second-order valence-corrected chi connectivity index (χ2v) is 6.17. The molecule has 0 bridgehead atoms. The minimum Gasteiger partial charge on any atom is -0.490 e. The standard InChI is InChI=1S/C13H16BrN3O4/c14-8-4-9(17(19)20)6-11(5-8)21-10-2-1-3-13(16,7-10)12(15)18/h4-6,10H,1-3,7,16H2,(H2,15,18). The van der Waals surface area contributed by atoms with Gasteiger partial charge in [-0.15, -0.1) is 0 Å². The molecule has 0 saturated heterocycles. The Morgan fingerprint density at radius 3 is 2.81 bits per heavy atom. The quantitative estimate of drug-likeness (QED) is 0.628. The molecular formula is C13H16BrN3O4. The van der Waals surface area contributed by atoms with Crippen molar-refractivity contribution in [2.24, 2.45) is 11.5 Å². The van der Waals surface area contributed by atoms with Gasteiger partial charge in [0.05, 0.1) is 16.5 Å². The molecule has 4 N–H and O–H groups in total. The predicted molar refractivity (Wildman–Crippen MR) is 79.8 cm³/mol. The summed E-state index contributed by atoms with van der Waals surface area (Å²) in [7, 11) is 0. The van der Waals surface area contributed by atoms with Gasteiger partial charge in [0.1, 0.15) is 11.9 Å². The van der Waals surface area contributed by atoms with Crippen molar-refractivity contribution in [2.45, 2.75) is 37.3 Å². The third-order valence-corrected chi connectivity index (χ3v) is 4.06. The van der Waals surface area contributed by atoms with Crippen LogP contribution in [-0.4, -0.2) is 22.5 Å². The molecule has 2 atom stereocenters. The number of carbonyl (C=O) groups is 1. The highest BCUT2D eigenvalue weighted by Crippen LogP contribution is 2.32. The zero-order valence-electron chi connectivity index (χ0n) is 11.3. The molecule has 2 rings (SSSR count). The molecule has 114 valence electrons. The summed E-state index contributed by atoms with van der Waals surface area (Å²) < 4.78 is 6.30. The molecule has 2 unspecified atom stereocenters. The second-order valence-electron chi connectivity index (χ2n) is 5.26. The monoisotopic (exact) mass is 357 g/mol. The first-order valence-electron chi connectivity index (χ1n) is 6.50. The number of halogens is 1. The van der Waals surface area contributed by atoms with E-state index in [0.717, 1.165) is 12.8 Å². The van der Waals surface area contributed by atoms with Crippen LogP contribution in [0.1, 0.15) is 25.7 Å². The van der Waals surface area contributed by atoms with E-state index in [1.165, 1.54) is 12.1 Å². The molecule has 1 amide bonds. The fraction of sp³-hybridized carbons (Fsp3) is 0.462. The van der Waals surface area contributed by atoms with Crippen LogP contribution >= 0.6 is 15.9 Å². The number of nitro groups is 1. The van der Waals surface area contributed by atoms with Gasteiger partial charge in [-0.25, -0.2) is 0 Å². The maximum atomic E-state index is 11.4. The van der Waals surface area contributed by atoms with Gasteiger partial charge in [-0.3, -0.25) is 14.9 Å². The molecule has 1 fully saturated rings. The molecule has 1 aromatic carbocycles. The molecule has 1 aliphatic rings. The van der Waals surface area contributed by atoms with Crippen LogP contribution in [0, 0.1) is 10.1 Å². The topological polar surface area (TPSA) is 121 Å². The lowest BCUT2D eigenvalue weighted by atomic mass is 9.80. The summed E-state index contributed by atoms with van der Waals surface area (Å²) in [4.78, 5) is 21.8. The zero-order valence-corrected chi connectivity index (χ0v) is 12.8. The van der Waals surface area contributed by atoms with Crippen LogP contribution in [0.15, 0.2) is 22.7 Å². The number of hydrogen-bond acceptors (Lipinski definition) is 5. The van der Waals surface area contributed by atoms with Crippen LogP contribution in [0.2, 0.25) is 0 Å². The van der Waals surface area contributed by atoms with Gasteiger partial charge in [0.15, 0.2) is 0 Å². The van der Waals surface area contributed by atoms with E-state index in [1.54, 1.807) is 6.07 Å². The Morgan fingerprint density at radius 2 is 2.19 bits per heavy atom. The van der Waals surface area contributed by atoms with Gasteiger partial charge >= 0.3 is 0 Å². The first-order chi connectivity index (χ1) is 9.80. The number of ether oxygens (including phenoxy) is 1. The van der Waals surface area contributed by atoms with Crippen molar-refractivity contribution in [3.05, 3.63) is 32.8 Å². The maximum absolute atomic E-state index is 11.4. The number of hydrogen-bond donors (Lipinski definition) is 2. The van der Waals surface area contributed by atoms with E-state index in [-0.39, 0.29) is 11.8 Å². The summed E-state index contributed by atoms with van der Waals surface area (Å²) in [5.74, 6) is -0.175. The van der Waals surface area contributed by atoms with Gasteiger partial charge in [0, 0.05) is 17.0 Å². The summed E-state index contributed by atoms with van der Waals surface area (Å²) in [6.07, 6.45) is 2.00. The van der Waals surface area contributed by atoms with Crippen molar-refractivity contribution in [1.82, 2.24) is 0 Å². The summed E-state index contributed by atoms with van der Waals surface area (Å²) in [5.41, 5.74) is 10.2. The van der Waals surface area contributed by atoms with E-state index >= 15 is 0 Å². The number of carbonyl (C=O) groups excluding carboxylic acids is 1. The van der Waals surface area contributed by atoms with E-state index in [4.69, 9.17) is 16.2 Å². The number of nitrogens with zero attached hydrogens (tertiary/aromatic N) is 1. The predicted octanol–water partition coefficient (Wildman–Crippen LogP) is 1.86. The van der Waals surface area contributed by atoms with Crippen LogP contribution in [0.5, 0.6) is 5.75 Å². The largest absolute Gasteiger partial charge is 0.490 e. The number of amides is 1. The zero-order chi connectivity index (χ0) is 15.6. The van der Waals surface area contributed by atoms with E-state index in [9.17, 15) is 14.9 Å². The van der Waals surface area contributed by atoms with Crippen molar-refractivity contribution in [3.63, 3.8) is 0 Å². The van der Waals surface area contributed by atoms with Crippen LogP contribution in [0.3, 0.4) is 0 Å². The number of nitro benzene ring substituents is 1. The molecule has 0 spiro atoms. The van der Waals surface area contributed by atoms with Gasteiger partial charge in [-0.2, -0.15) is 0 Å². The summed E-state index contributed by atoms with van der Waals surface area (Å²) in [6.45, 7) is 0. The maximum Gasteiger partial charge on any atom is 0.274 e. The molecule has 0 radical (unpaired) electrons. The van der Waals surface area contributed by atoms with Gasteiger partial charge in [-0.05, 0) is 25.3 Å². The van der Waals surface area contributed by atoms with Crippen molar-refractivity contribution in [1.29, 1.82) is 0 Å². The summed E-state index contributed by atoms with van der Waals surface area (Å²) in [6, 6.07) is 4.39. The highest BCUT2D eigenvalue weighted by atomic mass is 79.9. The highest BCUT2D eigenvalue weighted by molar-refractivity contribution is 9.10. The molecule has 0 heterocycles. The number of rotatable bonds is 4. The number of non-ortho nitro benzene ring substituents is 1. The Morgan fingerprint density at radius 1 is 1.48 bits per heavy atom. The fourth-order valence-electron chi connectivity index (χ4n) is 2.49. The number of primary amides is 1. The Kier molecular flexibility index (Phi) is 4.48. The van der Waals surface area contributed by atoms with Crippen LogP contribution in [-0.2, 0) is 4.79 Å². The Hall–Kier alpha value is -1.67. The lowest BCUT2D eigenvalue weighted by molar-refractivity contribution is -0.385. The van der Waals surface area contributed by atoms with Gasteiger partial charge < -0.3 is 16.2 Å². The second kappa shape index (κ2) is 5.98. The molecule has 21 heavy (non-hydrogen) atoms. The van der Waals surface area contributed by atoms with E-state index < -0.39 is 16.4 Å². The third-order valence-electron chi connectivity index (χ3n) is 3.60. The minimum absolute atomic E-state index is 0.0657. The van der Waals surface area contributed by atoms with Gasteiger partial charge in [0.25, 0.3) is 5.69 Å². The first kappa shape index (κ1) is 15.7. The molecule has 0 aromatic heterocycles. The highest BCUT2D eigenvalue weighted by Gasteiger charge is 2.38. The summed E-state index contributed by atoms with van der Waals surface area (Å²) in [5, 5.41) is 10.8. The van der Waals surface area contributed by atoms with Crippen LogP contribution < -0.4 is 16.2 Å². The van der Waals surface area contributed by atoms with E-state index in [1.807, 2.05) is 0 Å². The van der Waals surface area contributed by atoms with Gasteiger partial charge in [0.2, 0.25) is 5.91 Å². The van der Waals surface area contributed by atoms with Crippen molar-refractivity contribution in [2.75, 3.05) is 0 Å². The van der Waals surface area contributed by atoms with Crippen molar-refractivity contribution < 1.29 is 14.5 Å². The molecular weight excluding hydrogens is 342 g/mol. The van der Waals surface area contributed by atoms with Crippen molar-refractivity contribution >= 4 is 27.5 Å². The Balaban J connectivity index is 2.15. The van der Waals surface area contributed by atoms with Crippen molar-refractivity contribution in [3.8, 4) is 5.75 Å². The molecule has 0 aliphatic heterocycles. The lowest BCUT2D eigenvalue weighted by Crippen LogP contribution is -2.56. The average Bonchev–Trinajstić information content (AvgIpc) is 2.37. The molecule has 8 heteroatoms. The Bertz CT molecular complexity index is 581. The lowest BCUT2D eigenvalue weighted by Gasteiger charge is -2.35. The Labute approximate surface area is 129 Å². The fourth-order valence-corrected chi connectivity index (χ4v) is 2.95. The van der Waals surface area contributed by atoms with Crippen LogP contribution in [0.4, 0.5) is 5.69 Å². The third kappa shape index (κ3) is 3.70. The molecule has 1 aromatic rings. The normalized spacial score (nSPS) is 25.3. The molecule has 1 aliphatic carbocycles. The summed E-state index contributed by atoms with van der Waals surface area (Å²) >= 11 is 3.21. The smallest absolute Gasteiger partial charge is 0.274 e.